The second-order valence-corrected chi connectivity index (χ2v) is 14.3. The van der Waals surface area contributed by atoms with Gasteiger partial charge in [0.15, 0.2) is 5.41 Å². The number of esters is 2. The summed E-state index contributed by atoms with van der Waals surface area (Å²) in [5.74, 6) is 10.6. The third-order valence-electron chi connectivity index (χ3n) is 9.62. The van der Waals surface area contributed by atoms with Crippen LogP contribution in [0.4, 0.5) is 0 Å². The number of ether oxygens (including phenoxy) is 2. The molecule has 0 heterocycles. The van der Waals surface area contributed by atoms with E-state index in [1.54, 1.807) is 18.7 Å². The number of carbonyl (C=O) groups is 4. The van der Waals surface area contributed by atoms with Crippen LogP contribution in [0.25, 0.3) is 0 Å². The molecule has 1 rings (SSSR count). The predicted molar refractivity (Wildman–Crippen MR) is 205 cm³/mol. The van der Waals surface area contributed by atoms with Gasteiger partial charge >= 0.3 is 11.9 Å². The Labute approximate surface area is 310 Å². The van der Waals surface area contributed by atoms with Crippen molar-refractivity contribution in [2.24, 2.45) is 5.41 Å². The number of unbranched alkanes of at least 4 members (excludes halogenated alkanes) is 12. The van der Waals surface area contributed by atoms with Gasteiger partial charge in [0.05, 0.1) is 13.1 Å². The molecular weight excluding hydrogens is 640 g/mol. The summed E-state index contributed by atoms with van der Waals surface area (Å²) >= 11 is 0. The van der Waals surface area contributed by atoms with E-state index >= 15 is 0 Å². The Morgan fingerprint density at radius 2 is 1.10 bits per heavy atom. The van der Waals surface area contributed by atoms with Crippen molar-refractivity contribution in [3.05, 3.63) is 0 Å². The van der Waals surface area contributed by atoms with E-state index in [4.69, 9.17) is 15.9 Å². The van der Waals surface area contributed by atoms with Gasteiger partial charge in [0.1, 0.15) is 12.2 Å². The highest BCUT2D eigenvalue weighted by molar-refractivity contribution is 6.00. The van der Waals surface area contributed by atoms with E-state index in [-0.39, 0.29) is 12.5 Å². The first-order chi connectivity index (χ1) is 24.6. The Morgan fingerprint density at radius 1 is 0.627 bits per heavy atom. The van der Waals surface area contributed by atoms with Crippen molar-refractivity contribution in [1.29, 1.82) is 0 Å². The van der Waals surface area contributed by atoms with Crippen LogP contribution in [0.2, 0.25) is 0 Å². The number of nitrogens with zero attached hydrogens (tertiary/aromatic N) is 2. The molecule has 0 aromatic carbocycles. The molecule has 8 nitrogen and oxygen atoms in total. The first kappa shape index (κ1) is 45.6. The van der Waals surface area contributed by atoms with Gasteiger partial charge in [-0.3, -0.25) is 19.2 Å². The lowest BCUT2D eigenvalue weighted by Gasteiger charge is -2.35. The average Bonchev–Trinajstić information content (AvgIpc) is 3.12. The summed E-state index contributed by atoms with van der Waals surface area (Å²) in [6.07, 6.45) is 23.5. The summed E-state index contributed by atoms with van der Waals surface area (Å²) in [5.41, 5.74) is -1.41. The maximum absolute atomic E-state index is 13.9. The number of hydrogen-bond donors (Lipinski definition) is 0. The smallest absolute Gasteiger partial charge is 0.323 e. The molecule has 8 heteroatoms. The molecule has 0 spiro atoms. The number of terminal acetylenes is 1. The zero-order valence-electron chi connectivity index (χ0n) is 32.8. The Kier molecular flexibility index (Phi) is 25.2. The van der Waals surface area contributed by atoms with Crippen molar-refractivity contribution in [3.8, 4) is 36.0 Å². The molecule has 0 radical (unpaired) electrons. The lowest BCUT2D eigenvalue weighted by Crippen LogP contribution is -2.48. The Bertz CT molecular complexity index is 1190. The van der Waals surface area contributed by atoms with Crippen molar-refractivity contribution in [2.45, 2.75) is 182 Å². The highest BCUT2D eigenvalue weighted by Crippen LogP contribution is 2.39. The van der Waals surface area contributed by atoms with E-state index in [1.165, 1.54) is 25.7 Å². The van der Waals surface area contributed by atoms with Gasteiger partial charge in [-0.05, 0) is 69.6 Å². The summed E-state index contributed by atoms with van der Waals surface area (Å²) in [6.45, 7) is 11.6. The van der Waals surface area contributed by atoms with Gasteiger partial charge in [-0.15, -0.1) is 6.42 Å². The summed E-state index contributed by atoms with van der Waals surface area (Å²) in [6, 6.07) is 0. The first-order valence-electron chi connectivity index (χ1n) is 20.1. The molecule has 1 saturated carbocycles. The van der Waals surface area contributed by atoms with E-state index in [9.17, 15) is 19.2 Å². The Morgan fingerprint density at radius 3 is 1.63 bits per heavy atom. The SMILES string of the molecule is C#CC#CC#CC(=O)N(CCCCCCCC)CC(C)OC(=O)C1(C(=O)OC(C)CN(CCCCCCCC)C(=O)CCCCC)CCCCC1. The van der Waals surface area contributed by atoms with Gasteiger partial charge < -0.3 is 19.3 Å². The van der Waals surface area contributed by atoms with Crippen molar-refractivity contribution in [2.75, 3.05) is 26.2 Å². The second kappa shape index (κ2) is 28.2. The van der Waals surface area contributed by atoms with Gasteiger partial charge in [0.2, 0.25) is 5.91 Å². The second-order valence-electron chi connectivity index (χ2n) is 14.3. The Hall–Kier alpha value is -3.44. The fraction of sp³-hybridized carbons (Fsp3) is 0.767. The Balaban J connectivity index is 2.99. The summed E-state index contributed by atoms with van der Waals surface area (Å²) < 4.78 is 11.9. The topological polar surface area (TPSA) is 93.2 Å². The van der Waals surface area contributed by atoms with Gasteiger partial charge in [-0.2, -0.15) is 0 Å². The van der Waals surface area contributed by atoms with Crippen LogP contribution in [0, 0.1) is 41.4 Å². The predicted octanol–water partition coefficient (Wildman–Crippen LogP) is 8.40. The van der Waals surface area contributed by atoms with Crippen LogP contribution in [-0.4, -0.2) is 71.9 Å². The fourth-order valence-corrected chi connectivity index (χ4v) is 6.61. The molecule has 286 valence electrons. The normalized spacial score (nSPS) is 14.4. The average molecular weight is 709 g/mol. The van der Waals surface area contributed by atoms with Crippen LogP contribution >= 0.6 is 0 Å². The monoisotopic (exact) mass is 709 g/mol. The highest BCUT2D eigenvalue weighted by Gasteiger charge is 2.50. The zero-order valence-corrected chi connectivity index (χ0v) is 32.8. The molecule has 1 fully saturated rings. The number of rotatable bonds is 26. The maximum Gasteiger partial charge on any atom is 0.323 e. The third kappa shape index (κ3) is 19.1. The minimum absolute atomic E-state index is 0.0911. The molecule has 51 heavy (non-hydrogen) atoms. The van der Waals surface area contributed by atoms with Crippen LogP contribution in [-0.2, 0) is 28.7 Å². The summed E-state index contributed by atoms with van der Waals surface area (Å²) in [5, 5.41) is 0. The van der Waals surface area contributed by atoms with Crippen molar-refractivity contribution in [3.63, 3.8) is 0 Å². The maximum atomic E-state index is 13.9. The molecule has 2 amide bonds. The molecule has 0 aliphatic heterocycles. The van der Waals surface area contributed by atoms with Gasteiger partial charge in [0.25, 0.3) is 5.91 Å². The van der Waals surface area contributed by atoms with Crippen molar-refractivity contribution in [1.82, 2.24) is 9.80 Å². The van der Waals surface area contributed by atoms with Gasteiger partial charge in [-0.25, -0.2) is 0 Å². The largest absolute Gasteiger partial charge is 0.460 e. The molecule has 1 aliphatic rings. The molecular formula is C43H68N2O6. The molecule has 1 aliphatic carbocycles. The summed E-state index contributed by atoms with van der Waals surface area (Å²) in [7, 11) is 0. The van der Waals surface area contributed by atoms with Gasteiger partial charge in [-0.1, -0.05) is 117 Å². The number of amides is 2. The van der Waals surface area contributed by atoms with Crippen LogP contribution in [0.1, 0.15) is 169 Å². The fourth-order valence-electron chi connectivity index (χ4n) is 6.61. The molecule has 0 aromatic rings. The van der Waals surface area contributed by atoms with E-state index < -0.39 is 35.5 Å². The minimum atomic E-state index is -1.41. The first-order valence-corrected chi connectivity index (χ1v) is 20.1. The van der Waals surface area contributed by atoms with Crippen molar-refractivity contribution >= 4 is 23.8 Å². The standard InChI is InChI=1S/C43H68N2O6/c1-7-11-15-18-20-27-33-44(39(46)29-23-14-10-4)35-37(5)50-41(48)43(31-25-22-26-32-43)42(49)51-38(6)36-45(34-28-21-19-16-12-8-2)40(47)30-24-17-13-9-3/h3,37-38H,7-8,10-12,14-16,18-23,25-29,31-36H2,1-2,4-6H3. The number of hydrogen-bond acceptors (Lipinski definition) is 6. The zero-order chi connectivity index (χ0) is 37.7. The van der Waals surface area contributed by atoms with Crippen LogP contribution in [0.15, 0.2) is 0 Å². The van der Waals surface area contributed by atoms with Crippen molar-refractivity contribution < 1.29 is 28.7 Å². The lowest BCUT2D eigenvalue weighted by molar-refractivity contribution is -0.182. The molecule has 0 aromatic heterocycles. The van der Waals surface area contributed by atoms with E-state index in [1.807, 2.05) is 4.90 Å². The highest BCUT2D eigenvalue weighted by atomic mass is 16.6. The summed E-state index contributed by atoms with van der Waals surface area (Å²) in [4.78, 5) is 57.4. The molecule has 2 atom stereocenters. The third-order valence-corrected chi connectivity index (χ3v) is 9.62. The van der Waals surface area contributed by atoms with Crippen LogP contribution in [0.3, 0.4) is 0 Å². The molecule has 2 unspecified atom stereocenters. The molecule has 0 saturated heterocycles. The molecule has 0 N–H and O–H groups in total. The van der Waals surface area contributed by atoms with E-state index in [2.05, 4.69) is 50.4 Å². The van der Waals surface area contributed by atoms with E-state index in [0.29, 0.717) is 51.7 Å². The quantitative estimate of drug-likeness (QED) is 0.0388. The van der Waals surface area contributed by atoms with E-state index in [0.717, 1.165) is 77.0 Å². The van der Waals surface area contributed by atoms with Crippen LogP contribution < -0.4 is 0 Å². The number of carbonyl (C=O) groups excluding carboxylic acids is 4. The lowest BCUT2D eigenvalue weighted by atomic mass is 9.74. The van der Waals surface area contributed by atoms with Gasteiger partial charge in [0, 0.05) is 25.4 Å². The van der Waals surface area contributed by atoms with Crippen LogP contribution in [0.5, 0.6) is 0 Å². The minimum Gasteiger partial charge on any atom is -0.460 e. The molecule has 0 bridgehead atoms.